The lowest BCUT2D eigenvalue weighted by Crippen LogP contribution is -2.36. The topological polar surface area (TPSA) is 73.9 Å². The molecule has 0 amide bonds. The lowest BCUT2D eigenvalue weighted by atomic mass is 9.71. The summed E-state index contributed by atoms with van der Waals surface area (Å²) in [4.78, 5) is 26.8. The number of halogens is 1. The van der Waals surface area contributed by atoms with Crippen molar-refractivity contribution in [3.63, 3.8) is 0 Å². The average Bonchev–Trinajstić information content (AvgIpc) is 2.83. The van der Waals surface area contributed by atoms with Crippen LogP contribution in [-0.4, -0.2) is 39.2 Å². The van der Waals surface area contributed by atoms with Crippen molar-refractivity contribution in [3.8, 4) is 5.75 Å². The Morgan fingerprint density at radius 2 is 1.79 bits per heavy atom. The number of methoxy groups -OCH3 is 2. The van der Waals surface area contributed by atoms with E-state index in [1.54, 1.807) is 14.2 Å². The Balaban J connectivity index is 1.78. The quantitative estimate of drug-likeness (QED) is 0.448. The van der Waals surface area contributed by atoms with Crippen molar-refractivity contribution in [2.45, 2.75) is 31.6 Å². The van der Waals surface area contributed by atoms with Gasteiger partial charge in [-0.25, -0.2) is 4.79 Å². The van der Waals surface area contributed by atoms with Crippen LogP contribution >= 0.6 is 11.6 Å². The highest BCUT2D eigenvalue weighted by Gasteiger charge is 2.42. The van der Waals surface area contributed by atoms with Gasteiger partial charge in [0, 0.05) is 41.1 Å². The van der Waals surface area contributed by atoms with Gasteiger partial charge >= 0.3 is 5.97 Å². The highest BCUT2D eigenvalue weighted by atomic mass is 35.5. The first-order valence-electron chi connectivity index (χ1n) is 11.2. The lowest BCUT2D eigenvalue weighted by Gasteiger charge is -2.37. The Bertz CT molecular complexity index is 1150. The molecule has 34 heavy (non-hydrogen) atoms. The summed E-state index contributed by atoms with van der Waals surface area (Å²) >= 11 is 6.06. The van der Waals surface area contributed by atoms with Gasteiger partial charge in [0.15, 0.2) is 5.78 Å². The molecule has 2 aliphatic rings. The molecule has 2 aromatic carbocycles. The monoisotopic (exact) mass is 481 g/mol. The number of benzene rings is 2. The predicted molar refractivity (Wildman–Crippen MR) is 130 cm³/mol. The number of para-hydroxylation sites is 1. The summed E-state index contributed by atoms with van der Waals surface area (Å²) in [6.45, 7) is 2.26. The summed E-state index contributed by atoms with van der Waals surface area (Å²) in [7, 11) is 3.13. The fraction of sp³-hybridized carbons (Fsp3) is 0.333. The van der Waals surface area contributed by atoms with E-state index < -0.39 is 11.9 Å². The third kappa shape index (κ3) is 4.74. The minimum Gasteiger partial charge on any atom is -0.496 e. The maximum Gasteiger partial charge on any atom is 0.336 e. The molecule has 1 aliphatic heterocycles. The highest BCUT2D eigenvalue weighted by Crippen LogP contribution is 2.47. The molecule has 1 heterocycles. The Morgan fingerprint density at radius 3 is 2.50 bits per heavy atom. The Labute approximate surface area is 204 Å². The zero-order valence-electron chi connectivity index (χ0n) is 19.5. The van der Waals surface area contributed by atoms with Crippen LogP contribution in [0.1, 0.15) is 42.7 Å². The molecule has 0 radical (unpaired) electrons. The van der Waals surface area contributed by atoms with Gasteiger partial charge in [-0.3, -0.25) is 4.79 Å². The van der Waals surface area contributed by atoms with Gasteiger partial charge < -0.3 is 19.5 Å². The Morgan fingerprint density at radius 1 is 1.06 bits per heavy atom. The molecule has 0 fully saturated rings. The number of allylic oxidation sites excluding steroid dienone is 3. The number of ketones is 1. The zero-order chi connectivity index (χ0) is 24.2. The third-order valence-corrected chi connectivity index (χ3v) is 6.61. The molecule has 2 aromatic rings. The molecule has 178 valence electrons. The van der Waals surface area contributed by atoms with E-state index >= 15 is 0 Å². The maximum absolute atomic E-state index is 13.6. The summed E-state index contributed by atoms with van der Waals surface area (Å²) in [5, 5.41) is 4.02. The Kier molecular flexibility index (Phi) is 7.39. The molecule has 0 spiro atoms. The van der Waals surface area contributed by atoms with Gasteiger partial charge in [-0.15, -0.1) is 0 Å². The molecule has 1 aliphatic carbocycles. The number of carbonyl (C=O) groups excluding carboxylic acids is 2. The van der Waals surface area contributed by atoms with E-state index in [1.807, 2.05) is 55.5 Å². The van der Waals surface area contributed by atoms with Crippen molar-refractivity contribution < 1.29 is 23.8 Å². The fourth-order valence-electron chi connectivity index (χ4n) is 4.79. The number of hydrogen-bond acceptors (Lipinski definition) is 6. The number of carbonyl (C=O) groups is 2. The lowest BCUT2D eigenvalue weighted by molar-refractivity contribution is -0.140. The van der Waals surface area contributed by atoms with Crippen LogP contribution in [0.15, 0.2) is 71.1 Å². The van der Waals surface area contributed by atoms with Crippen molar-refractivity contribution in [2.24, 2.45) is 0 Å². The molecule has 7 heteroatoms. The number of nitrogens with one attached hydrogen (secondary N) is 1. The van der Waals surface area contributed by atoms with Crippen LogP contribution in [0.2, 0.25) is 5.02 Å². The van der Waals surface area contributed by atoms with E-state index in [0.29, 0.717) is 47.1 Å². The van der Waals surface area contributed by atoms with E-state index in [0.717, 1.165) is 16.8 Å². The van der Waals surface area contributed by atoms with Crippen LogP contribution in [0.4, 0.5) is 0 Å². The zero-order valence-corrected chi connectivity index (χ0v) is 20.3. The highest BCUT2D eigenvalue weighted by molar-refractivity contribution is 6.30. The molecular formula is C27H28ClNO5. The minimum atomic E-state index is -0.582. The molecule has 6 nitrogen and oxygen atoms in total. The van der Waals surface area contributed by atoms with Gasteiger partial charge in [0.2, 0.25) is 0 Å². The first-order chi connectivity index (χ1) is 16.4. The average molecular weight is 482 g/mol. The number of hydrogen-bond donors (Lipinski definition) is 1. The first kappa shape index (κ1) is 24.0. The van der Waals surface area contributed by atoms with Crippen molar-refractivity contribution in [2.75, 3.05) is 27.4 Å². The number of ether oxygens (including phenoxy) is 3. The SMILES string of the molecule is COCCOC(=O)C1=C(C)NC2=C(C(=O)C[C@H](c3ccc(Cl)cc3)C2)[C@H]1c1ccccc1OC. The van der Waals surface area contributed by atoms with Crippen molar-refractivity contribution >= 4 is 23.4 Å². The fourth-order valence-corrected chi connectivity index (χ4v) is 4.92. The second-order valence-electron chi connectivity index (χ2n) is 8.44. The molecule has 0 aromatic heterocycles. The summed E-state index contributed by atoms with van der Waals surface area (Å²) in [6, 6.07) is 15.1. The van der Waals surface area contributed by atoms with Crippen LogP contribution in [0.25, 0.3) is 0 Å². The van der Waals surface area contributed by atoms with Crippen LogP contribution in [-0.2, 0) is 19.1 Å². The maximum atomic E-state index is 13.6. The molecular weight excluding hydrogens is 454 g/mol. The van der Waals surface area contributed by atoms with Gasteiger partial charge in [-0.05, 0) is 43.0 Å². The molecule has 0 bridgehead atoms. The summed E-state index contributed by atoms with van der Waals surface area (Å²) in [6.07, 6.45) is 0.997. The number of dihydropyridines is 1. The van der Waals surface area contributed by atoms with E-state index in [-0.39, 0.29) is 18.3 Å². The first-order valence-corrected chi connectivity index (χ1v) is 11.6. The van der Waals surface area contributed by atoms with E-state index in [9.17, 15) is 9.59 Å². The summed E-state index contributed by atoms with van der Waals surface area (Å²) in [5.74, 6) is -0.418. The van der Waals surface area contributed by atoms with E-state index in [1.165, 1.54) is 0 Å². The van der Waals surface area contributed by atoms with Crippen LogP contribution < -0.4 is 10.1 Å². The van der Waals surface area contributed by atoms with Crippen LogP contribution in [0.3, 0.4) is 0 Å². The molecule has 0 unspecified atom stereocenters. The normalized spacial score (nSPS) is 20.1. The number of rotatable bonds is 7. The van der Waals surface area contributed by atoms with Crippen molar-refractivity contribution in [3.05, 3.63) is 87.2 Å². The van der Waals surface area contributed by atoms with Gasteiger partial charge in [-0.1, -0.05) is 41.9 Å². The molecule has 4 rings (SSSR count). The van der Waals surface area contributed by atoms with Gasteiger partial charge in [0.25, 0.3) is 0 Å². The largest absolute Gasteiger partial charge is 0.496 e. The van der Waals surface area contributed by atoms with Crippen LogP contribution in [0, 0.1) is 0 Å². The van der Waals surface area contributed by atoms with Crippen molar-refractivity contribution in [1.82, 2.24) is 5.32 Å². The number of Topliss-reactive ketones (excluding diaryl/α,β-unsaturated/α-hetero) is 1. The molecule has 0 saturated carbocycles. The Hall–Kier alpha value is -3.09. The molecule has 1 N–H and O–H groups in total. The summed E-state index contributed by atoms with van der Waals surface area (Å²) < 4.78 is 16.1. The van der Waals surface area contributed by atoms with Gasteiger partial charge in [0.1, 0.15) is 12.4 Å². The van der Waals surface area contributed by atoms with Crippen LogP contribution in [0.5, 0.6) is 5.75 Å². The summed E-state index contributed by atoms with van der Waals surface area (Å²) in [5.41, 5.74) is 4.33. The minimum absolute atomic E-state index is 0.000650. The van der Waals surface area contributed by atoms with Crippen molar-refractivity contribution in [1.29, 1.82) is 0 Å². The standard InChI is InChI=1S/C27H28ClNO5/c1-16-24(27(31)34-13-12-32-2)25(20-6-4-5-7-23(20)33-3)26-21(29-16)14-18(15-22(26)30)17-8-10-19(28)11-9-17/h4-11,18,25,29H,12-15H2,1-3H3/t18-,25+/m1/s1. The second-order valence-corrected chi connectivity index (χ2v) is 8.88. The predicted octanol–water partition coefficient (Wildman–Crippen LogP) is 4.90. The number of esters is 1. The van der Waals surface area contributed by atoms with E-state index in [2.05, 4.69) is 5.32 Å². The molecule has 2 atom stereocenters. The van der Waals surface area contributed by atoms with Gasteiger partial charge in [0.05, 0.1) is 25.2 Å². The third-order valence-electron chi connectivity index (χ3n) is 6.36. The van der Waals surface area contributed by atoms with Gasteiger partial charge in [-0.2, -0.15) is 0 Å². The smallest absolute Gasteiger partial charge is 0.336 e. The van der Waals surface area contributed by atoms with E-state index in [4.69, 9.17) is 25.8 Å². The second kappa shape index (κ2) is 10.5. The molecule has 0 saturated heterocycles.